The zero-order valence-corrected chi connectivity index (χ0v) is 13.8. The number of nitrogens with zero attached hydrogens (tertiary/aromatic N) is 1. The Bertz CT molecular complexity index is 802. The fourth-order valence-corrected chi connectivity index (χ4v) is 3.10. The van der Waals surface area contributed by atoms with Gasteiger partial charge < -0.3 is 4.74 Å². The first-order chi connectivity index (χ1) is 11.2. The van der Waals surface area contributed by atoms with Crippen molar-refractivity contribution in [2.45, 2.75) is 13.0 Å². The van der Waals surface area contributed by atoms with Crippen molar-refractivity contribution in [1.82, 2.24) is 4.98 Å². The lowest BCUT2D eigenvalue weighted by Crippen LogP contribution is -2.08. The molecule has 2 aromatic carbocycles. The second kappa shape index (κ2) is 7.40. The van der Waals surface area contributed by atoms with Crippen LogP contribution in [0.25, 0.3) is 10.6 Å². The summed E-state index contributed by atoms with van der Waals surface area (Å²) in [4.78, 5) is 16.4. The molecule has 3 aromatic rings. The van der Waals surface area contributed by atoms with E-state index in [0.29, 0.717) is 5.02 Å². The number of hydrogen-bond acceptors (Lipinski definition) is 4. The fraction of sp³-hybridized carbons (Fsp3) is 0.111. The van der Waals surface area contributed by atoms with Crippen molar-refractivity contribution in [1.29, 1.82) is 0 Å². The number of aromatic nitrogens is 1. The van der Waals surface area contributed by atoms with Gasteiger partial charge in [-0.3, -0.25) is 4.79 Å². The van der Waals surface area contributed by atoms with E-state index in [1.165, 1.54) is 11.3 Å². The lowest BCUT2D eigenvalue weighted by Gasteiger charge is -2.04. The van der Waals surface area contributed by atoms with Crippen molar-refractivity contribution in [3.8, 4) is 10.6 Å². The highest BCUT2D eigenvalue weighted by molar-refractivity contribution is 7.13. The molecule has 3 rings (SSSR count). The van der Waals surface area contributed by atoms with Gasteiger partial charge >= 0.3 is 5.97 Å². The summed E-state index contributed by atoms with van der Waals surface area (Å²) in [6.07, 6.45) is 0.162. The molecule has 1 aromatic heterocycles. The molecule has 0 aliphatic heterocycles. The van der Waals surface area contributed by atoms with E-state index in [1.807, 2.05) is 53.9 Å². The maximum atomic E-state index is 11.9. The highest BCUT2D eigenvalue weighted by Crippen LogP contribution is 2.23. The molecule has 0 amide bonds. The quantitative estimate of drug-likeness (QED) is 0.627. The molecule has 0 fully saturated rings. The lowest BCUT2D eigenvalue weighted by atomic mass is 10.1. The number of halogens is 1. The molecule has 0 atom stereocenters. The fourth-order valence-electron chi connectivity index (χ4n) is 2.09. The average molecular weight is 344 g/mol. The van der Waals surface area contributed by atoms with Crippen LogP contribution < -0.4 is 0 Å². The molecule has 1 heterocycles. The van der Waals surface area contributed by atoms with E-state index >= 15 is 0 Å². The number of thiazole rings is 1. The largest absolute Gasteiger partial charge is 0.459 e. The van der Waals surface area contributed by atoms with E-state index in [-0.39, 0.29) is 19.0 Å². The monoisotopic (exact) mass is 343 g/mol. The van der Waals surface area contributed by atoms with Crippen LogP contribution in [0.4, 0.5) is 0 Å². The number of esters is 1. The maximum Gasteiger partial charge on any atom is 0.310 e. The van der Waals surface area contributed by atoms with Crippen molar-refractivity contribution in [3.05, 3.63) is 76.3 Å². The third-order valence-corrected chi connectivity index (χ3v) is 4.56. The molecule has 0 N–H and O–H groups in total. The first-order valence-electron chi connectivity index (χ1n) is 7.11. The third-order valence-electron chi connectivity index (χ3n) is 3.25. The van der Waals surface area contributed by atoms with Gasteiger partial charge in [-0.25, -0.2) is 4.98 Å². The average Bonchev–Trinajstić information content (AvgIpc) is 3.05. The number of carbonyl (C=O) groups excluding carboxylic acids is 1. The predicted octanol–water partition coefficient (Wildman–Crippen LogP) is 4.75. The van der Waals surface area contributed by atoms with Gasteiger partial charge in [-0.1, -0.05) is 60.1 Å². The van der Waals surface area contributed by atoms with Crippen molar-refractivity contribution >= 4 is 28.9 Å². The van der Waals surface area contributed by atoms with Gasteiger partial charge in [0.15, 0.2) is 0 Å². The highest BCUT2D eigenvalue weighted by atomic mass is 35.5. The van der Waals surface area contributed by atoms with Gasteiger partial charge in [0.25, 0.3) is 0 Å². The normalized spacial score (nSPS) is 10.5. The Balaban J connectivity index is 1.58. The molecular weight excluding hydrogens is 330 g/mol. The Labute approximate surface area is 143 Å². The number of benzene rings is 2. The van der Waals surface area contributed by atoms with Crippen LogP contribution in [-0.4, -0.2) is 11.0 Å². The summed E-state index contributed by atoms with van der Waals surface area (Å²) in [5.74, 6) is -0.313. The summed E-state index contributed by atoms with van der Waals surface area (Å²) in [5, 5.41) is 3.40. The topological polar surface area (TPSA) is 39.2 Å². The number of ether oxygens (including phenoxy) is 1. The second-order valence-electron chi connectivity index (χ2n) is 4.94. The van der Waals surface area contributed by atoms with Crippen LogP contribution in [-0.2, 0) is 22.6 Å². The van der Waals surface area contributed by atoms with Gasteiger partial charge in [-0.05, 0) is 11.6 Å². The zero-order valence-electron chi connectivity index (χ0n) is 12.2. The molecule has 0 bridgehead atoms. The first-order valence-corrected chi connectivity index (χ1v) is 8.37. The number of carbonyl (C=O) groups is 1. The number of hydrogen-bond donors (Lipinski definition) is 0. The molecule has 3 nitrogen and oxygen atoms in total. The minimum absolute atomic E-state index is 0.162. The van der Waals surface area contributed by atoms with Gasteiger partial charge in [-0.2, -0.15) is 0 Å². The Morgan fingerprint density at radius 1 is 1.09 bits per heavy atom. The van der Waals surface area contributed by atoms with E-state index < -0.39 is 0 Å². The zero-order chi connectivity index (χ0) is 16.1. The summed E-state index contributed by atoms with van der Waals surface area (Å²) < 4.78 is 5.28. The van der Waals surface area contributed by atoms with Crippen LogP contribution in [0.1, 0.15) is 11.3 Å². The Morgan fingerprint density at radius 3 is 2.61 bits per heavy atom. The van der Waals surface area contributed by atoms with Crippen molar-refractivity contribution < 1.29 is 9.53 Å². The Morgan fingerprint density at radius 2 is 1.83 bits per heavy atom. The highest BCUT2D eigenvalue weighted by Gasteiger charge is 2.10. The van der Waals surface area contributed by atoms with E-state index in [4.69, 9.17) is 16.3 Å². The molecule has 116 valence electrons. The molecule has 0 aliphatic rings. The molecular formula is C18H14ClNO2S. The Hall–Kier alpha value is -2.17. The van der Waals surface area contributed by atoms with Gasteiger partial charge in [0.1, 0.15) is 11.6 Å². The molecule has 0 aliphatic carbocycles. The number of rotatable bonds is 5. The van der Waals surface area contributed by atoms with Crippen molar-refractivity contribution in [3.63, 3.8) is 0 Å². The summed E-state index contributed by atoms with van der Waals surface area (Å²) in [7, 11) is 0. The standard InChI is InChI=1S/C18H14ClNO2S/c19-16-9-5-4-8-14(16)10-17(21)22-11-15-12-23-18(20-15)13-6-2-1-3-7-13/h1-9,12H,10-11H2. The minimum atomic E-state index is -0.313. The second-order valence-corrected chi connectivity index (χ2v) is 6.20. The van der Waals surface area contributed by atoms with Crippen molar-refractivity contribution in [2.24, 2.45) is 0 Å². The first kappa shape index (κ1) is 15.7. The summed E-state index contributed by atoms with van der Waals surface area (Å²) in [6, 6.07) is 17.2. The maximum absolute atomic E-state index is 11.9. The van der Waals surface area contributed by atoms with E-state index in [2.05, 4.69) is 4.98 Å². The van der Waals surface area contributed by atoms with Gasteiger partial charge in [0.2, 0.25) is 0 Å². The molecule has 23 heavy (non-hydrogen) atoms. The van der Waals surface area contributed by atoms with Crippen LogP contribution in [0.5, 0.6) is 0 Å². The lowest BCUT2D eigenvalue weighted by molar-refractivity contribution is -0.144. The molecule has 0 spiro atoms. The summed E-state index contributed by atoms with van der Waals surface area (Å²) in [5.41, 5.74) is 2.58. The predicted molar refractivity (Wildman–Crippen MR) is 92.5 cm³/mol. The molecule has 5 heteroatoms. The third kappa shape index (κ3) is 4.18. The van der Waals surface area contributed by atoms with E-state index in [1.54, 1.807) is 6.07 Å². The SMILES string of the molecule is O=C(Cc1ccccc1Cl)OCc1csc(-c2ccccc2)n1. The minimum Gasteiger partial charge on any atom is -0.459 e. The molecule has 0 saturated heterocycles. The molecule has 0 unspecified atom stereocenters. The van der Waals surface area contributed by atoms with Gasteiger partial charge in [0, 0.05) is 16.0 Å². The van der Waals surface area contributed by atoms with E-state index in [0.717, 1.165) is 21.8 Å². The van der Waals surface area contributed by atoms with Crippen LogP contribution in [0, 0.1) is 0 Å². The summed E-state index contributed by atoms with van der Waals surface area (Å²) >= 11 is 7.58. The molecule has 0 radical (unpaired) electrons. The van der Waals surface area contributed by atoms with E-state index in [9.17, 15) is 4.79 Å². The van der Waals surface area contributed by atoms with Crippen LogP contribution in [0.15, 0.2) is 60.0 Å². The van der Waals surface area contributed by atoms with Gasteiger partial charge in [-0.15, -0.1) is 11.3 Å². The van der Waals surface area contributed by atoms with Gasteiger partial charge in [0.05, 0.1) is 12.1 Å². The van der Waals surface area contributed by atoms with Crippen LogP contribution >= 0.6 is 22.9 Å². The Kier molecular flexibility index (Phi) is 5.05. The smallest absolute Gasteiger partial charge is 0.310 e. The van der Waals surface area contributed by atoms with Crippen LogP contribution in [0.2, 0.25) is 5.02 Å². The molecule has 0 saturated carbocycles. The van der Waals surface area contributed by atoms with Crippen LogP contribution in [0.3, 0.4) is 0 Å². The summed E-state index contributed by atoms with van der Waals surface area (Å²) in [6.45, 7) is 0.173. The van der Waals surface area contributed by atoms with Crippen molar-refractivity contribution in [2.75, 3.05) is 0 Å².